The number of aromatic nitrogens is 2. The highest BCUT2D eigenvalue weighted by atomic mass is 16.6. The van der Waals surface area contributed by atoms with Crippen molar-refractivity contribution in [1.29, 1.82) is 0 Å². The highest BCUT2D eigenvalue weighted by molar-refractivity contribution is 6.00. The lowest BCUT2D eigenvalue weighted by Crippen LogP contribution is -2.48. The minimum atomic E-state index is 0.0951. The van der Waals surface area contributed by atoms with Gasteiger partial charge in [-0.2, -0.15) is 0 Å². The minimum Gasteiger partial charge on any atom is -0.396 e. The molecule has 2 fully saturated rings. The van der Waals surface area contributed by atoms with Crippen molar-refractivity contribution in [2.75, 3.05) is 32.0 Å². The van der Waals surface area contributed by atoms with E-state index in [2.05, 4.69) is 31.8 Å². The Kier molecular flexibility index (Phi) is 8.11. The van der Waals surface area contributed by atoms with Crippen molar-refractivity contribution >= 4 is 17.4 Å². The number of hydrogen-bond donors (Lipinski definition) is 1. The van der Waals surface area contributed by atoms with E-state index in [0.717, 1.165) is 63.3 Å². The fraction of sp³-hybridized carbons (Fsp3) is 0.538. The topological polar surface area (TPSA) is 96.9 Å². The summed E-state index contributed by atoms with van der Waals surface area (Å²) in [5.74, 6) is 1.20. The van der Waals surface area contributed by atoms with Gasteiger partial charge >= 0.3 is 0 Å². The smallest absolute Gasteiger partial charge is 0.225 e. The van der Waals surface area contributed by atoms with Gasteiger partial charge in [0.2, 0.25) is 5.91 Å². The van der Waals surface area contributed by atoms with Gasteiger partial charge in [0.25, 0.3) is 0 Å². The molecule has 182 valence electrons. The van der Waals surface area contributed by atoms with E-state index in [1.165, 1.54) is 5.56 Å². The Balaban J connectivity index is 1.31. The Bertz CT molecular complexity index is 974. The number of amides is 1. The average molecular weight is 465 g/mol. The van der Waals surface area contributed by atoms with Crippen LogP contribution < -0.4 is 5.73 Å². The number of piperidine rings is 2. The molecule has 8 nitrogen and oxygen atoms in total. The fourth-order valence-corrected chi connectivity index (χ4v) is 5.12. The fourth-order valence-electron chi connectivity index (χ4n) is 5.12. The first-order valence-corrected chi connectivity index (χ1v) is 12.4. The van der Waals surface area contributed by atoms with Crippen molar-refractivity contribution in [2.24, 2.45) is 17.0 Å². The van der Waals surface area contributed by atoms with E-state index < -0.39 is 0 Å². The van der Waals surface area contributed by atoms with Crippen LogP contribution in [0.4, 0.5) is 5.82 Å². The van der Waals surface area contributed by atoms with Crippen LogP contribution in [0.3, 0.4) is 0 Å². The summed E-state index contributed by atoms with van der Waals surface area (Å²) in [5, 5.41) is 4.39. The highest BCUT2D eigenvalue weighted by Gasteiger charge is 2.35. The van der Waals surface area contributed by atoms with E-state index in [0.29, 0.717) is 24.4 Å². The van der Waals surface area contributed by atoms with E-state index in [1.54, 1.807) is 12.4 Å². The van der Waals surface area contributed by atoms with Crippen molar-refractivity contribution in [3.05, 3.63) is 54.0 Å². The SMILES string of the molecule is CCO/N=C(/c1ccccn1)C1CCN(C(=O)C2CCN(Cc3ccnc(N)c3)C(C)C2)CC1. The largest absolute Gasteiger partial charge is 0.396 e. The second kappa shape index (κ2) is 11.4. The molecule has 0 saturated carbocycles. The van der Waals surface area contributed by atoms with Gasteiger partial charge in [0.1, 0.15) is 18.1 Å². The number of nitrogen functional groups attached to an aromatic ring is 1. The Morgan fingerprint density at radius 3 is 2.59 bits per heavy atom. The molecule has 2 saturated heterocycles. The summed E-state index contributed by atoms with van der Waals surface area (Å²) >= 11 is 0. The predicted molar refractivity (Wildman–Crippen MR) is 133 cm³/mol. The maximum atomic E-state index is 13.3. The van der Waals surface area contributed by atoms with Gasteiger partial charge in [-0.3, -0.25) is 14.7 Å². The van der Waals surface area contributed by atoms with Crippen LogP contribution in [0.1, 0.15) is 50.8 Å². The molecule has 2 atom stereocenters. The number of anilines is 1. The summed E-state index contributed by atoms with van der Waals surface area (Å²) < 4.78 is 0. The molecule has 1 amide bonds. The zero-order valence-electron chi connectivity index (χ0n) is 20.3. The number of nitrogens with two attached hydrogens (primary N) is 1. The molecule has 2 N–H and O–H groups in total. The van der Waals surface area contributed by atoms with Gasteiger partial charge < -0.3 is 15.5 Å². The Morgan fingerprint density at radius 1 is 1.12 bits per heavy atom. The summed E-state index contributed by atoms with van der Waals surface area (Å²) in [5.41, 5.74) is 8.76. The average Bonchev–Trinajstić information content (AvgIpc) is 2.86. The van der Waals surface area contributed by atoms with Crippen LogP contribution in [0.15, 0.2) is 47.9 Å². The molecule has 0 spiro atoms. The molecule has 4 rings (SSSR count). The van der Waals surface area contributed by atoms with Gasteiger partial charge in [-0.1, -0.05) is 11.2 Å². The molecule has 4 heterocycles. The standard InChI is InChI=1S/C26H36N6O2/c1-3-34-30-25(23-6-4-5-11-28-23)21-8-13-31(14-9-21)26(33)22-10-15-32(19(2)16-22)18-20-7-12-29-24(27)17-20/h4-7,11-12,17,19,21-22H,3,8-10,13-16,18H2,1-2H3,(H2,27,29)/b30-25+. The van der Waals surface area contributed by atoms with Crippen molar-refractivity contribution in [3.63, 3.8) is 0 Å². The Morgan fingerprint density at radius 2 is 1.91 bits per heavy atom. The number of nitrogens with zero attached hydrogens (tertiary/aromatic N) is 5. The maximum Gasteiger partial charge on any atom is 0.225 e. The van der Waals surface area contributed by atoms with Crippen molar-refractivity contribution in [1.82, 2.24) is 19.8 Å². The van der Waals surface area contributed by atoms with Crippen molar-refractivity contribution in [2.45, 2.75) is 52.1 Å². The van der Waals surface area contributed by atoms with Gasteiger partial charge in [0.05, 0.1) is 5.69 Å². The third kappa shape index (κ3) is 5.91. The van der Waals surface area contributed by atoms with Crippen LogP contribution in [-0.4, -0.2) is 63.7 Å². The van der Waals surface area contributed by atoms with Crippen molar-refractivity contribution in [3.8, 4) is 0 Å². The lowest BCUT2D eigenvalue weighted by atomic mass is 9.87. The number of rotatable bonds is 7. The quantitative estimate of drug-likeness (QED) is 0.499. The van der Waals surface area contributed by atoms with Gasteiger partial charge in [-0.15, -0.1) is 0 Å². The molecule has 2 aliphatic rings. The lowest BCUT2D eigenvalue weighted by Gasteiger charge is -2.40. The summed E-state index contributed by atoms with van der Waals surface area (Å²) in [6, 6.07) is 10.1. The summed E-state index contributed by atoms with van der Waals surface area (Å²) in [6.45, 7) is 7.95. The molecule has 34 heavy (non-hydrogen) atoms. The van der Waals surface area contributed by atoms with E-state index in [-0.39, 0.29) is 11.8 Å². The van der Waals surface area contributed by atoms with Crippen LogP contribution in [0, 0.1) is 11.8 Å². The van der Waals surface area contributed by atoms with Crippen LogP contribution in [0.25, 0.3) is 0 Å². The first-order valence-electron chi connectivity index (χ1n) is 12.4. The number of hydrogen-bond acceptors (Lipinski definition) is 7. The molecular weight excluding hydrogens is 428 g/mol. The molecule has 0 aliphatic carbocycles. The van der Waals surface area contributed by atoms with Crippen LogP contribution in [0.2, 0.25) is 0 Å². The molecular formula is C26H36N6O2. The number of likely N-dealkylation sites (tertiary alicyclic amines) is 2. The number of oxime groups is 1. The zero-order valence-corrected chi connectivity index (χ0v) is 20.3. The second-order valence-electron chi connectivity index (χ2n) is 9.34. The molecule has 2 aliphatic heterocycles. The van der Waals surface area contributed by atoms with E-state index in [9.17, 15) is 4.79 Å². The Labute approximate surface area is 202 Å². The van der Waals surface area contributed by atoms with Crippen LogP contribution in [-0.2, 0) is 16.2 Å². The van der Waals surface area contributed by atoms with Crippen LogP contribution >= 0.6 is 0 Å². The molecule has 8 heteroatoms. The molecule has 2 aromatic heterocycles. The maximum absolute atomic E-state index is 13.3. The summed E-state index contributed by atoms with van der Waals surface area (Å²) in [7, 11) is 0. The van der Waals surface area contributed by atoms with Gasteiger partial charge in [0, 0.05) is 49.9 Å². The summed E-state index contributed by atoms with van der Waals surface area (Å²) in [4.78, 5) is 31.8. The van der Waals surface area contributed by atoms with Crippen LogP contribution in [0.5, 0.6) is 0 Å². The zero-order chi connectivity index (χ0) is 23.9. The Hall–Kier alpha value is -3.00. The monoisotopic (exact) mass is 464 g/mol. The number of pyridine rings is 2. The molecule has 0 radical (unpaired) electrons. The number of carbonyl (C=O) groups is 1. The van der Waals surface area contributed by atoms with Gasteiger partial charge in [-0.25, -0.2) is 4.98 Å². The normalized spacial score (nSPS) is 22.5. The highest BCUT2D eigenvalue weighted by Crippen LogP contribution is 2.29. The van der Waals surface area contributed by atoms with Gasteiger partial charge in [0.15, 0.2) is 0 Å². The van der Waals surface area contributed by atoms with Gasteiger partial charge in [-0.05, 0) is 75.9 Å². The third-order valence-electron chi connectivity index (χ3n) is 7.01. The molecule has 0 bridgehead atoms. The lowest BCUT2D eigenvalue weighted by molar-refractivity contribution is -0.139. The first kappa shape index (κ1) is 24.1. The molecule has 0 aromatic carbocycles. The van der Waals surface area contributed by atoms with E-state index in [1.807, 2.05) is 37.3 Å². The van der Waals surface area contributed by atoms with E-state index >= 15 is 0 Å². The van der Waals surface area contributed by atoms with Crippen molar-refractivity contribution < 1.29 is 9.63 Å². The predicted octanol–water partition coefficient (Wildman–Crippen LogP) is 3.34. The summed E-state index contributed by atoms with van der Waals surface area (Å²) in [6.07, 6.45) is 7.09. The third-order valence-corrected chi connectivity index (χ3v) is 7.01. The first-order chi connectivity index (χ1) is 16.5. The molecule has 2 unspecified atom stereocenters. The second-order valence-corrected chi connectivity index (χ2v) is 9.34. The minimum absolute atomic E-state index is 0.0951. The van der Waals surface area contributed by atoms with E-state index in [4.69, 9.17) is 10.6 Å². The molecule has 2 aromatic rings. The number of carbonyl (C=O) groups excluding carboxylic acids is 1.